The van der Waals surface area contributed by atoms with Gasteiger partial charge in [0.15, 0.2) is 0 Å². The molecule has 0 unspecified atom stereocenters. The number of para-hydroxylation sites is 1. The average molecular weight is 291 g/mol. The van der Waals surface area contributed by atoms with E-state index in [9.17, 15) is 0 Å². The molecule has 0 aliphatic rings. The lowest BCUT2D eigenvalue weighted by molar-refractivity contribution is 1.16. The van der Waals surface area contributed by atoms with E-state index in [0.29, 0.717) is 16.6 Å². The van der Waals surface area contributed by atoms with Gasteiger partial charge in [-0.15, -0.1) is 0 Å². The maximum atomic E-state index is 6.13. The molecule has 0 amide bonds. The van der Waals surface area contributed by atoms with Crippen LogP contribution in [0.2, 0.25) is 10.0 Å². The van der Waals surface area contributed by atoms with Crippen LogP contribution in [-0.2, 0) is 6.54 Å². The number of halogens is 2. The molecule has 0 saturated carbocycles. The Kier molecular flexibility index (Phi) is 3.36. The van der Waals surface area contributed by atoms with Crippen LogP contribution in [0.15, 0.2) is 48.7 Å². The second kappa shape index (κ2) is 5.16. The van der Waals surface area contributed by atoms with Gasteiger partial charge in [-0.1, -0.05) is 41.4 Å². The topological polar surface area (TPSA) is 27.8 Å². The first kappa shape index (κ1) is 12.4. The minimum absolute atomic E-state index is 0.670. The molecule has 0 atom stereocenters. The molecule has 19 heavy (non-hydrogen) atoms. The van der Waals surface area contributed by atoms with E-state index in [1.807, 2.05) is 18.3 Å². The van der Waals surface area contributed by atoms with Gasteiger partial charge in [0, 0.05) is 17.8 Å². The third kappa shape index (κ3) is 2.55. The van der Waals surface area contributed by atoms with Crippen LogP contribution >= 0.6 is 23.2 Å². The Morgan fingerprint density at radius 1 is 1.05 bits per heavy atom. The van der Waals surface area contributed by atoms with Gasteiger partial charge in [-0.25, -0.2) is 0 Å². The number of nitrogens with one attached hydrogen (secondary N) is 2. The third-order valence-electron chi connectivity index (χ3n) is 3.07. The largest absolute Gasteiger partial charge is 0.380 e. The van der Waals surface area contributed by atoms with E-state index >= 15 is 0 Å². The smallest absolute Gasteiger partial charge is 0.0638 e. The summed E-state index contributed by atoms with van der Waals surface area (Å²) in [4.78, 5) is 3.25. The molecular formula is C15H12Cl2N2. The SMILES string of the molecule is Clc1ccc(Cl)c(NCc2cccc3cc[nH]c23)c1. The molecule has 0 saturated heterocycles. The molecular weight excluding hydrogens is 279 g/mol. The quantitative estimate of drug-likeness (QED) is 0.691. The number of fused-ring (bicyclic) bond motifs is 1. The highest BCUT2D eigenvalue weighted by Crippen LogP contribution is 2.26. The predicted molar refractivity (Wildman–Crippen MR) is 82.1 cm³/mol. The predicted octanol–water partition coefficient (Wildman–Crippen LogP) is 5.09. The molecule has 1 heterocycles. The third-order valence-corrected chi connectivity index (χ3v) is 3.64. The summed E-state index contributed by atoms with van der Waals surface area (Å²) in [6.07, 6.45) is 1.94. The van der Waals surface area contributed by atoms with Crippen molar-refractivity contribution in [3.8, 4) is 0 Å². The Morgan fingerprint density at radius 2 is 1.95 bits per heavy atom. The molecule has 0 bridgehead atoms. The van der Waals surface area contributed by atoms with Crippen molar-refractivity contribution in [2.45, 2.75) is 6.54 Å². The minimum Gasteiger partial charge on any atom is -0.380 e. The second-order valence-electron chi connectivity index (χ2n) is 4.34. The van der Waals surface area contributed by atoms with Gasteiger partial charge in [-0.2, -0.15) is 0 Å². The lowest BCUT2D eigenvalue weighted by Gasteiger charge is -2.09. The van der Waals surface area contributed by atoms with Crippen LogP contribution in [0, 0.1) is 0 Å². The van der Waals surface area contributed by atoms with Crippen LogP contribution in [0.4, 0.5) is 5.69 Å². The van der Waals surface area contributed by atoms with E-state index in [0.717, 1.165) is 11.2 Å². The van der Waals surface area contributed by atoms with Crippen molar-refractivity contribution in [3.05, 3.63) is 64.3 Å². The number of benzene rings is 2. The van der Waals surface area contributed by atoms with E-state index < -0.39 is 0 Å². The first-order valence-corrected chi connectivity index (χ1v) is 6.73. The van der Waals surface area contributed by atoms with Crippen molar-refractivity contribution < 1.29 is 0 Å². The van der Waals surface area contributed by atoms with Gasteiger partial charge in [0.1, 0.15) is 0 Å². The first-order valence-electron chi connectivity index (χ1n) is 5.98. The van der Waals surface area contributed by atoms with Crippen LogP contribution in [0.25, 0.3) is 10.9 Å². The molecule has 3 aromatic rings. The van der Waals surface area contributed by atoms with Crippen LogP contribution in [0.1, 0.15) is 5.56 Å². The normalized spacial score (nSPS) is 10.8. The molecule has 3 rings (SSSR count). The molecule has 2 nitrogen and oxygen atoms in total. The number of H-pyrrole nitrogens is 1. The van der Waals surface area contributed by atoms with Gasteiger partial charge in [-0.05, 0) is 35.2 Å². The maximum Gasteiger partial charge on any atom is 0.0638 e. The lowest BCUT2D eigenvalue weighted by Crippen LogP contribution is -2.00. The Hall–Kier alpha value is -1.64. The fraction of sp³-hybridized carbons (Fsp3) is 0.0667. The minimum atomic E-state index is 0.670. The van der Waals surface area contributed by atoms with Crippen molar-refractivity contribution in [2.75, 3.05) is 5.32 Å². The molecule has 4 heteroatoms. The Morgan fingerprint density at radius 3 is 2.84 bits per heavy atom. The number of anilines is 1. The molecule has 1 aromatic heterocycles. The van der Waals surface area contributed by atoms with Crippen LogP contribution in [0.5, 0.6) is 0 Å². The van der Waals surface area contributed by atoms with E-state index in [1.54, 1.807) is 12.1 Å². The number of rotatable bonds is 3. The van der Waals surface area contributed by atoms with Gasteiger partial charge in [0.2, 0.25) is 0 Å². The van der Waals surface area contributed by atoms with E-state index in [-0.39, 0.29) is 0 Å². The van der Waals surface area contributed by atoms with E-state index in [2.05, 4.69) is 28.5 Å². The van der Waals surface area contributed by atoms with Gasteiger partial charge < -0.3 is 10.3 Å². The highest BCUT2D eigenvalue weighted by Gasteiger charge is 2.04. The molecule has 2 aromatic carbocycles. The number of aromatic nitrogens is 1. The molecule has 0 radical (unpaired) electrons. The number of aromatic amines is 1. The Labute approximate surface area is 121 Å². The van der Waals surface area contributed by atoms with Gasteiger partial charge >= 0.3 is 0 Å². The molecule has 0 aliphatic heterocycles. The summed E-state index contributed by atoms with van der Waals surface area (Å²) < 4.78 is 0. The van der Waals surface area contributed by atoms with Crippen LogP contribution in [0.3, 0.4) is 0 Å². The zero-order chi connectivity index (χ0) is 13.2. The van der Waals surface area contributed by atoms with Crippen molar-refractivity contribution in [1.82, 2.24) is 4.98 Å². The lowest BCUT2D eigenvalue weighted by atomic mass is 10.1. The van der Waals surface area contributed by atoms with Crippen LogP contribution in [-0.4, -0.2) is 4.98 Å². The van der Waals surface area contributed by atoms with Gasteiger partial charge in [-0.3, -0.25) is 0 Å². The van der Waals surface area contributed by atoms with E-state index in [4.69, 9.17) is 23.2 Å². The second-order valence-corrected chi connectivity index (χ2v) is 5.18. The van der Waals surface area contributed by atoms with Gasteiger partial charge in [0.05, 0.1) is 16.2 Å². The average Bonchev–Trinajstić information content (AvgIpc) is 2.88. The highest BCUT2D eigenvalue weighted by atomic mass is 35.5. The summed E-state index contributed by atoms with van der Waals surface area (Å²) >= 11 is 12.1. The first-order chi connectivity index (χ1) is 9.24. The summed E-state index contributed by atoms with van der Waals surface area (Å²) in [5, 5.41) is 5.86. The number of hydrogen-bond donors (Lipinski definition) is 2. The monoisotopic (exact) mass is 290 g/mol. The van der Waals surface area contributed by atoms with Gasteiger partial charge in [0.25, 0.3) is 0 Å². The summed E-state index contributed by atoms with van der Waals surface area (Å²) in [7, 11) is 0. The van der Waals surface area contributed by atoms with Crippen molar-refractivity contribution >= 4 is 39.8 Å². The molecule has 0 spiro atoms. The zero-order valence-electron chi connectivity index (χ0n) is 10.1. The summed E-state index contributed by atoms with van der Waals surface area (Å²) in [6.45, 7) is 0.692. The van der Waals surface area contributed by atoms with Crippen LogP contribution < -0.4 is 5.32 Å². The zero-order valence-corrected chi connectivity index (χ0v) is 11.6. The van der Waals surface area contributed by atoms with Crippen molar-refractivity contribution in [3.63, 3.8) is 0 Å². The maximum absolute atomic E-state index is 6.13. The fourth-order valence-corrected chi connectivity index (χ4v) is 2.48. The Balaban J connectivity index is 1.86. The summed E-state index contributed by atoms with van der Waals surface area (Å²) in [6, 6.07) is 13.7. The van der Waals surface area contributed by atoms with Crippen molar-refractivity contribution in [1.29, 1.82) is 0 Å². The van der Waals surface area contributed by atoms with E-state index in [1.165, 1.54) is 10.9 Å². The summed E-state index contributed by atoms with van der Waals surface area (Å²) in [5.74, 6) is 0. The molecule has 0 aliphatic carbocycles. The Bertz CT molecular complexity index is 719. The molecule has 2 N–H and O–H groups in total. The molecule has 0 fully saturated rings. The highest BCUT2D eigenvalue weighted by molar-refractivity contribution is 6.35. The standard InChI is InChI=1S/C15H12Cl2N2/c16-12-4-5-13(17)14(8-12)19-9-11-3-1-2-10-6-7-18-15(10)11/h1-8,18-19H,9H2. The fourth-order valence-electron chi connectivity index (χ4n) is 2.12. The summed E-state index contributed by atoms with van der Waals surface area (Å²) in [5.41, 5.74) is 3.18. The van der Waals surface area contributed by atoms with Crippen molar-refractivity contribution in [2.24, 2.45) is 0 Å². The number of hydrogen-bond acceptors (Lipinski definition) is 1. The molecule has 96 valence electrons.